The zero-order valence-electron chi connectivity index (χ0n) is 10.2. The Labute approximate surface area is 117 Å². The molecule has 0 atom stereocenters. The number of benzene rings is 2. The number of hydrogen-bond donors (Lipinski definition) is 2. The van der Waals surface area contributed by atoms with Crippen LogP contribution in [0.2, 0.25) is 10.0 Å². The SMILES string of the molecule is Cc1ccc(C)c(Nc2c(Cl)cc(N)cc2Cl)c1. The third-order valence-corrected chi connectivity index (χ3v) is 3.31. The van der Waals surface area contributed by atoms with E-state index < -0.39 is 0 Å². The van der Waals surface area contributed by atoms with E-state index >= 15 is 0 Å². The zero-order chi connectivity index (χ0) is 13.3. The summed E-state index contributed by atoms with van der Waals surface area (Å²) in [6, 6.07) is 9.53. The molecule has 0 amide bonds. The van der Waals surface area contributed by atoms with Gasteiger partial charge in [0, 0.05) is 11.4 Å². The first-order valence-electron chi connectivity index (χ1n) is 5.56. The minimum atomic E-state index is 0.515. The molecule has 0 saturated carbocycles. The van der Waals surface area contributed by atoms with Crippen molar-refractivity contribution in [1.29, 1.82) is 0 Å². The number of nitrogens with two attached hydrogens (primary N) is 1. The molecule has 4 heteroatoms. The molecule has 0 fully saturated rings. The molecule has 3 N–H and O–H groups in total. The summed E-state index contributed by atoms with van der Waals surface area (Å²) in [5, 5.41) is 4.29. The lowest BCUT2D eigenvalue weighted by molar-refractivity contribution is 1.38. The maximum atomic E-state index is 6.15. The molecule has 0 aliphatic rings. The van der Waals surface area contributed by atoms with Crippen LogP contribution in [0.15, 0.2) is 30.3 Å². The van der Waals surface area contributed by atoms with E-state index in [4.69, 9.17) is 28.9 Å². The monoisotopic (exact) mass is 280 g/mol. The summed E-state index contributed by atoms with van der Waals surface area (Å²) in [6.07, 6.45) is 0. The van der Waals surface area contributed by atoms with Gasteiger partial charge in [-0.2, -0.15) is 0 Å². The summed E-state index contributed by atoms with van der Waals surface area (Å²) in [6.45, 7) is 4.07. The first-order chi connectivity index (χ1) is 8.47. The van der Waals surface area contributed by atoms with Gasteiger partial charge < -0.3 is 11.1 Å². The van der Waals surface area contributed by atoms with Crippen molar-refractivity contribution in [1.82, 2.24) is 0 Å². The third kappa shape index (κ3) is 2.71. The first kappa shape index (κ1) is 13.1. The number of anilines is 3. The summed E-state index contributed by atoms with van der Waals surface area (Å²) in [5.41, 5.74) is 10.2. The van der Waals surface area contributed by atoms with Crippen LogP contribution in [0.25, 0.3) is 0 Å². The molecule has 94 valence electrons. The van der Waals surface area contributed by atoms with E-state index in [1.54, 1.807) is 12.1 Å². The Morgan fingerprint density at radius 1 is 1.00 bits per heavy atom. The van der Waals surface area contributed by atoms with Gasteiger partial charge in [-0.25, -0.2) is 0 Å². The van der Waals surface area contributed by atoms with Gasteiger partial charge in [0.05, 0.1) is 15.7 Å². The van der Waals surface area contributed by atoms with Gasteiger partial charge in [0.1, 0.15) is 0 Å². The molecule has 2 aromatic rings. The van der Waals surface area contributed by atoms with E-state index in [2.05, 4.69) is 23.5 Å². The predicted octanol–water partition coefficient (Wildman–Crippen LogP) is 4.94. The minimum absolute atomic E-state index is 0.515. The predicted molar refractivity (Wildman–Crippen MR) is 80.1 cm³/mol. The quantitative estimate of drug-likeness (QED) is 0.765. The maximum Gasteiger partial charge on any atom is 0.0764 e. The summed E-state index contributed by atoms with van der Waals surface area (Å²) in [4.78, 5) is 0. The lowest BCUT2D eigenvalue weighted by Crippen LogP contribution is -1.97. The Bertz CT molecular complexity index is 571. The van der Waals surface area contributed by atoms with Crippen LogP contribution in [0.5, 0.6) is 0 Å². The molecule has 0 spiro atoms. The number of aryl methyl sites for hydroxylation is 2. The van der Waals surface area contributed by atoms with Gasteiger partial charge >= 0.3 is 0 Å². The van der Waals surface area contributed by atoms with Crippen LogP contribution in [-0.4, -0.2) is 0 Å². The molecule has 0 bridgehead atoms. The molecule has 0 saturated heterocycles. The fraction of sp³-hybridized carbons (Fsp3) is 0.143. The number of halogens is 2. The Morgan fingerprint density at radius 3 is 2.22 bits per heavy atom. The van der Waals surface area contributed by atoms with Crippen LogP contribution in [0, 0.1) is 13.8 Å². The highest BCUT2D eigenvalue weighted by atomic mass is 35.5. The van der Waals surface area contributed by atoms with Crippen LogP contribution >= 0.6 is 23.2 Å². The van der Waals surface area contributed by atoms with Gasteiger partial charge in [-0.3, -0.25) is 0 Å². The van der Waals surface area contributed by atoms with E-state index in [0.29, 0.717) is 21.4 Å². The zero-order valence-corrected chi connectivity index (χ0v) is 11.7. The van der Waals surface area contributed by atoms with Crippen LogP contribution in [0.1, 0.15) is 11.1 Å². The molecular weight excluding hydrogens is 267 g/mol. The van der Waals surface area contributed by atoms with Crippen molar-refractivity contribution < 1.29 is 0 Å². The molecule has 2 aromatic carbocycles. The minimum Gasteiger partial charge on any atom is -0.399 e. The Hall–Kier alpha value is -1.38. The number of hydrogen-bond acceptors (Lipinski definition) is 2. The second-order valence-electron chi connectivity index (χ2n) is 4.30. The number of nitrogens with one attached hydrogen (secondary N) is 1. The second-order valence-corrected chi connectivity index (χ2v) is 5.12. The molecule has 0 aliphatic carbocycles. The Balaban J connectivity index is 2.43. The fourth-order valence-electron chi connectivity index (χ4n) is 1.72. The van der Waals surface area contributed by atoms with E-state index in [0.717, 1.165) is 11.3 Å². The normalized spacial score (nSPS) is 10.4. The molecular formula is C14H14Cl2N2. The van der Waals surface area contributed by atoms with Crippen molar-refractivity contribution in [2.24, 2.45) is 0 Å². The molecule has 2 nitrogen and oxygen atoms in total. The standard InChI is InChI=1S/C14H14Cl2N2/c1-8-3-4-9(2)13(5-8)18-14-11(15)6-10(17)7-12(14)16/h3-7,18H,17H2,1-2H3. The molecule has 0 unspecified atom stereocenters. The number of rotatable bonds is 2. The summed E-state index contributed by atoms with van der Waals surface area (Å²) in [5.74, 6) is 0. The third-order valence-electron chi connectivity index (χ3n) is 2.72. The van der Waals surface area contributed by atoms with Crippen LogP contribution in [-0.2, 0) is 0 Å². The summed E-state index contributed by atoms with van der Waals surface area (Å²) < 4.78 is 0. The van der Waals surface area contributed by atoms with Crippen molar-refractivity contribution in [3.63, 3.8) is 0 Å². The summed E-state index contributed by atoms with van der Waals surface area (Å²) >= 11 is 12.3. The Kier molecular flexibility index (Phi) is 3.69. The lowest BCUT2D eigenvalue weighted by Gasteiger charge is -2.14. The van der Waals surface area contributed by atoms with Crippen LogP contribution < -0.4 is 11.1 Å². The van der Waals surface area contributed by atoms with Gasteiger partial charge in [0.2, 0.25) is 0 Å². The van der Waals surface area contributed by atoms with E-state index in [1.807, 2.05) is 13.8 Å². The van der Waals surface area contributed by atoms with Crippen molar-refractivity contribution >= 4 is 40.3 Å². The maximum absolute atomic E-state index is 6.15. The van der Waals surface area contributed by atoms with Crippen molar-refractivity contribution in [2.75, 3.05) is 11.1 Å². The van der Waals surface area contributed by atoms with Crippen molar-refractivity contribution in [3.05, 3.63) is 51.5 Å². The van der Waals surface area contributed by atoms with E-state index in [1.165, 1.54) is 5.56 Å². The number of nitrogen functional groups attached to an aromatic ring is 1. The smallest absolute Gasteiger partial charge is 0.0764 e. The lowest BCUT2D eigenvalue weighted by atomic mass is 10.1. The molecule has 0 aromatic heterocycles. The average molecular weight is 281 g/mol. The van der Waals surface area contributed by atoms with E-state index in [-0.39, 0.29) is 0 Å². The van der Waals surface area contributed by atoms with Crippen LogP contribution in [0.3, 0.4) is 0 Å². The second kappa shape index (κ2) is 5.09. The van der Waals surface area contributed by atoms with Crippen molar-refractivity contribution in [3.8, 4) is 0 Å². The fourth-order valence-corrected chi connectivity index (χ4v) is 2.32. The molecule has 2 rings (SSSR count). The van der Waals surface area contributed by atoms with Gasteiger partial charge in [0.15, 0.2) is 0 Å². The highest BCUT2D eigenvalue weighted by molar-refractivity contribution is 6.39. The molecule has 0 heterocycles. The van der Waals surface area contributed by atoms with Gasteiger partial charge in [-0.1, -0.05) is 35.3 Å². The van der Waals surface area contributed by atoms with E-state index in [9.17, 15) is 0 Å². The van der Waals surface area contributed by atoms with Gasteiger partial charge in [-0.15, -0.1) is 0 Å². The molecule has 0 aliphatic heterocycles. The highest BCUT2D eigenvalue weighted by Crippen LogP contribution is 2.35. The highest BCUT2D eigenvalue weighted by Gasteiger charge is 2.09. The van der Waals surface area contributed by atoms with Crippen LogP contribution in [0.4, 0.5) is 17.1 Å². The largest absolute Gasteiger partial charge is 0.399 e. The van der Waals surface area contributed by atoms with Crippen molar-refractivity contribution in [2.45, 2.75) is 13.8 Å². The van der Waals surface area contributed by atoms with Gasteiger partial charge in [-0.05, 0) is 43.2 Å². The average Bonchev–Trinajstić information content (AvgIpc) is 2.28. The molecule has 18 heavy (non-hydrogen) atoms. The topological polar surface area (TPSA) is 38.0 Å². The Morgan fingerprint density at radius 2 is 1.61 bits per heavy atom. The first-order valence-corrected chi connectivity index (χ1v) is 6.32. The molecule has 0 radical (unpaired) electrons. The summed E-state index contributed by atoms with van der Waals surface area (Å²) in [7, 11) is 0. The van der Waals surface area contributed by atoms with Gasteiger partial charge in [0.25, 0.3) is 0 Å².